The Kier molecular flexibility index (Phi) is 2.69. The van der Waals surface area contributed by atoms with E-state index >= 15 is 0 Å². The molecule has 0 radical (unpaired) electrons. The van der Waals surface area contributed by atoms with Crippen LogP contribution in [0.5, 0.6) is 0 Å². The monoisotopic (exact) mass is 248 g/mol. The fourth-order valence-corrected chi connectivity index (χ4v) is 3.23. The highest BCUT2D eigenvalue weighted by molar-refractivity contribution is 9.09. The maximum atomic E-state index is 5.59. The SMILES string of the molecule is CCO[C@H](C)OC[C@@H]1C[C@]12C[C@@H]2Br. The zero-order chi connectivity index (χ0) is 9.47. The first-order chi connectivity index (χ1) is 6.19. The summed E-state index contributed by atoms with van der Waals surface area (Å²) < 4.78 is 10.9. The molecule has 0 aromatic heterocycles. The lowest BCUT2D eigenvalue weighted by Crippen LogP contribution is -2.14. The molecule has 0 unspecified atom stereocenters. The van der Waals surface area contributed by atoms with Crippen molar-refractivity contribution in [3.05, 3.63) is 0 Å². The standard InChI is InChI=1S/C10H17BrO2/c1-3-12-7(2)13-6-8-4-10(8)5-9(10)11/h7-9H,3-6H2,1-2H3/t7-,8-,9-,10-/m0/s1. The van der Waals surface area contributed by atoms with Crippen LogP contribution in [0.25, 0.3) is 0 Å². The normalized spacial score (nSPS) is 43.6. The molecule has 0 aromatic rings. The van der Waals surface area contributed by atoms with Crippen LogP contribution in [0.15, 0.2) is 0 Å². The second-order valence-electron chi connectivity index (χ2n) is 4.16. The van der Waals surface area contributed by atoms with Crippen LogP contribution in [0.2, 0.25) is 0 Å². The molecule has 1 spiro atoms. The molecule has 13 heavy (non-hydrogen) atoms. The molecule has 0 N–H and O–H groups in total. The molecule has 2 nitrogen and oxygen atoms in total. The second-order valence-corrected chi connectivity index (χ2v) is 5.27. The van der Waals surface area contributed by atoms with Gasteiger partial charge in [0.1, 0.15) is 0 Å². The molecule has 0 bridgehead atoms. The molecule has 0 aliphatic heterocycles. The molecule has 3 heteroatoms. The third kappa shape index (κ3) is 1.92. The van der Waals surface area contributed by atoms with Gasteiger partial charge < -0.3 is 9.47 Å². The Morgan fingerprint density at radius 3 is 2.62 bits per heavy atom. The predicted molar refractivity (Wildman–Crippen MR) is 54.9 cm³/mol. The number of hydrogen-bond acceptors (Lipinski definition) is 2. The summed E-state index contributed by atoms with van der Waals surface area (Å²) in [5, 5.41) is 0. The Balaban J connectivity index is 1.60. The molecular weight excluding hydrogens is 232 g/mol. The molecule has 2 rings (SSSR count). The Bertz CT molecular complexity index is 197. The van der Waals surface area contributed by atoms with Gasteiger partial charge in [-0.05, 0) is 38.0 Å². The van der Waals surface area contributed by atoms with Crippen molar-refractivity contribution in [1.82, 2.24) is 0 Å². The lowest BCUT2D eigenvalue weighted by atomic mass is 10.3. The van der Waals surface area contributed by atoms with E-state index in [-0.39, 0.29) is 6.29 Å². The van der Waals surface area contributed by atoms with E-state index in [0.717, 1.165) is 24.0 Å². The van der Waals surface area contributed by atoms with Gasteiger partial charge in [0.2, 0.25) is 0 Å². The Morgan fingerprint density at radius 2 is 2.15 bits per heavy atom. The van der Waals surface area contributed by atoms with Crippen LogP contribution in [0.4, 0.5) is 0 Å². The summed E-state index contributed by atoms with van der Waals surface area (Å²) in [6.45, 7) is 5.58. The quantitative estimate of drug-likeness (QED) is 0.550. The van der Waals surface area contributed by atoms with Crippen LogP contribution in [0, 0.1) is 11.3 Å². The maximum absolute atomic E-state index is 5.59. The number of hydrogen-bond donors (Lipinski definition) is 0. The summed E-state index contributed by atoms with van der Waals surface area (Å²) in [5.74, 6) is 0.791. The van der Waals surface area contributed by atoms with Crippen molar-refractivity contribution in [2.45, 2.75) is 37.8 Å². The third-order valence-electron chi connectivity index (χ3n) is 3.24. The van der Waals surface area contributed by atoms with Crippen molar-refractivity contribution in [1.29, 1.82) is 0 Å². The minimum atomic E-state index is -0.0322. The topological polar surface area (TPSA) is 18.5 Å². The Labute approximate surface area is 88.1 Å². The van der Waals surface area contributed by atoms with Crippen molar-refractivity contribution in [3.63, 3.8) is 0 Å². The van der Waals surface area contributed by atoms with E-state index in [1.54, 1.807) is 0 Å². The van der Waals surface area contributed by atoms with Gasteiger partial charge in [-0.25, -0.2) is 0 Å². The van der Waals surface area contributed by atoms with Gasteiger partial charge in [-0.3, -0.25) is 0 Å². The number of ether oxygens (including phenoxy) is 2. The molecule has 2 aliphatic carbocycles. The van der Waals surface area contributed by atoms with Crippen molar-refractivity contribution >= 4 is 15.9 Å². The molecule has 0 heterocycles. The molecule has 76 valence electrons. The van der Waals surface area contributed by atoms with Crippen molar-refractivity contribution < 1.29 is 9.47 Å². The van der Waals surface area contributed by atoms with Crippen LogP contribution in [-0.2, 0) is 9.47 Å². The zero-order valence-electron chi connectivity index (χ0n) is 8.25. The van der Waals surface area contributed by atoms with Gasteiger partial charge in [0, 0.05) is 11.4 Å². The molecule has 2 aliphatic rings. The number of rotatable bonds is 5. The average molecular weight is 249 g/mol. The van der Waals surface area contributed by atoms with E-state index < -0.39 is 0 Å². The lowest BCUT2D eigenvalue weighted by Gasteiger charge is -2.12. The first-order valence-corrected chi connectivity index (χ1v) is 5.98. The highest BCUT2D eigenvalue weighted by atomic mass is 79.9. The summed E-state index contributed by atoms with van der Waals surface area (Å²) in [7, 11) is 0. The smallest absolute Gasteiger partial charge is 0.154 e. The third-order valence-corrected chi connectivity index (χ3v) is 4.47. The fourth-order valence-electron chi connectivity index (χ4n) is 2.07. The summed E-state index contributed by atoms with van der Waals surface area (Å²) in [6, 6.07) is 0. The highest BCUT2D eigenvalue weighted by Crippen LogP contribution is 2.73. The minimum Gasteiger partial charge on any atom is -0.353 e. The van der Waals surface area contributed by atoms with Crippen molar-refractivity contribution in [2.75, 3.05) is 13.2 Å². The summed E-state index contributed by atoms with van der Waals surface area (Å²) >= 11 is 3.66. The van der Waals surface area contributed by atoms with Crippen LogP contribution in [0.3, 0.4) is 0 Å². The van der Waals surface area contributed by atoms with E-state index in [2.05, 4.69) is 15.9 Å². The Hall–Kier alpha value is 0.400. The van der Waals surface area contributed by atoms with Crippen LogP contribution < -0.4 is 0 Å². The van der Waals surface area contributed by atoms with E-state index in [1.165, 1.54) is 12.8 Å². The average Bonchev–Trinajstić information content (AvgIpc) is 2.92. The number of alkyl halides is 1. The van der Waals surface area contributed by atoms with Crippen LogP contribution in [0.1, 0.15) is 26.7 Å². The Morgan fingerprint density at radius 1 is 1.46 bits per heavy atom. The van der Waals surface area contributed by atoms with E-state index in [4.69, 9.17) is 9.47 Å². The molecule has 0 saturated heterocycles. The molecular formula is C10H17BrO2. The molecule has 0 amide bonds. The maximum Gasteiger partial charge on any atom is 0.154 e. The van der Waals surface area contributed by atoms with Gasteiger partial charge in [0.05, 0.1) is 6.61 Å². The van der Waals surface area contributed by atoms with Gasteiger partial charge in [-0.1, -0.05) is 15.9 Å². The van der Waals surface area contributed by atoms with E-state index in [1.807, 2.05) is 13.8 Å². The predicted octanol–water partition coefficient (Wildman–Crippen LogP) is 2.56. The van der Waals surface area contributed by atoms with Gasteiger partial charge in [0.25, 0.3) is 0 Å². The van der Waals surface area contributed by atoms with E-state index in [9.17, 15) is 0 Å². The van der Waals surface area contributed by atoms with Crippen LogP contribution in [-0.4, -0.2) is 24.3 Å². The first kappa shape index (κ1) is 9.94. The van der Waals surface area contributed by atoms with Gasteiger partial charge in [-0.2, -0.15) is 0 Å². The van der Waals surface area contributed by atoms with Crippen LogP contribution >= 0.6 is 15.9 Å². The zero-order valence-corrected chi connectivity index (χ0v) is 9.84. The molecule has 2 saturated carbocycles. The minimum absolute atomic E-state index is 0.0322. The summed E-state index contributed by atoms with van der Waals surface area (Å²) in [4.78, 5) is 0.774. The molecule has 4 atom stereocenters. The number of halogens is 1. The van der Waals surface area contributed by atoms with Gasteiger partial charge in [-0.15, -0.1) is 0 Å². The second kappa shape index (κ2) is 3.52. The molecule has 0 aromatic carbocycles. The first-order valence-electron chi connectivity index (χ1n) is 5.06. The lowest BCUT2D eigenvalue weighted by molar-refractivity contribution is -0.130. The van der Waals surface area contributed by atoms with Gasteiger partial charge >= 0.3 is 0 Å². The fraction of sp³-hybridized carbons (Fsp3) is 1.00. The largest absolute Gasteiger partial charge is 0.353 e. The molecule has 2 fully saturated rings. The van der Waals surface area contributed by atoms with Gasteiger partial charge in [0.15, 0.2) is 6.29 Å². The van der Waals surface area contributed by atoms with E-state index in [0.29, 0.717) is 5.41 Å². The summed E-state index contributed by atoms with van der Waals surface area (Å²) in [5.41, 5.74) is 0.645. The van der Waals surface area contributed by atoms with Crippen molar-refractivity contribution in [3.8, 4) is 0 Å². The van der Waals surface area contributed by atoms with Crippen molar-refractivity contribution in [2.24, 2.45) is 11.3 Å². The summed E-state index contributed by atoms with van der Waals surface area (Å²) in [6.07, 6.45) is 2.67. The highest BCUT2D eigenvalue weighted by Gasteiger charge is 2.69.